The highest BCUT2D eigenvalue weighted by Crippen LogP contribution is 2.27. The normalized spacial score (nSPS) is 14.2. The van der Waals surface area contributed by atoms with E-state index < -0.39 is 41.6 Å². The molecule has 0 amide bonds. The van der Waals surface area contributed by atoms with Crippen LogP contribution in [0.15, 0.2) is 12.1 Å². The van der Waals surface area contributed by atoms with E-state index in [2.05, 4.69) is 0 Å². The van der Waals surface area contributed by atoms with Gasteiger partial charge in [-0.15, -0.1) is 0 Å². The van der Waals surface area contributed by atoms with E-state index in [1.54, 1.807) is 6.07 Å². The molecule has 6 heteroatoms. The van der Waals surface area contributed by atoms with E-state index in [9.17, 15) is 19.0 Å². The molecule has 0 aliphatic rings. The molecule has 3 N–H and O–H groups in total. The summed E-state index contributed by atoms with van der Waals surface area (Å²) in [5.41, 5.74) is -0.502. The lowest BCUT2D eigenvalue weighted by Gasteiger charge is -2.16. The fourth-order valence-electron chi connectivity index (χ4n) is 1.20. The quantitative estimate of drug-likeness (QED) is 0.721. The first-order valence-corrected chi connectivity index (χ1v) is 4.39. The van der Waals surface area contributed by atoms with Gasteiger partial charge < -0.3 is 15.3 Å². The topological polar surface area (TPSA) is 84.5 Å². The number of hydrogen-bond donors (Lipinski definition) is 3. The van der Waals surface area contributed by atoms with Crippen molar-refractivity contribution in [1.82, 2.24) is 0 Å². The second kappa shape index (κ2) is 4.88. The van der Waals surface area contributed by atoms with Crippen LogP contribution < -0.4 is 0 Å². The number of aromatic hydroxyl groups is 1. The largest absolute Gasteiger partial charge is 0.505 e. The van der Waals surface area contributed by atoms with Crippen LogP contribution in [-0.4, -0.2) is 21.4 Å². The van der Waals surface area contributed by atoms with Crippen molar-refractivity contribution in [3.8, 4) is 11.8 Å². The minimum atomic E-state index is -1.71. The molecular weight excluding hydrogens is 220 g/mol. The van der Waals surface area contributed by atoms with Gasteiger partial charge in [0.25, 0.3) is 0 Å². The highest BCUT2D eigenvalue weighted by Gasteiger charge is 2.24. The fourth-order valence-corrected chi connectivity index (χ4v) is 1.20. The molecule has 1 rings (SSSR count). The summed E-state index contributed by atoms with van der Waals surface area (Å²) in [7, 11) is 0. The Kier molecular flexibility index (Phi) is 3.77. The first kappa shape index (κ1) is 12.4. The van der Waals surface area contributed by atoms with Crippen LogP contribution in [0.5, 0.6) is 5.75 Å². The van der Waals surface area contributed by atoms with Crippen molar-refractivity contribution in [2.24, 2.45) is 0 Å². The number of phenolic OH excluding ortho intramolecular Hbond substituents is 1. The van der Waals surface area contributed by atoms with Gasteiger partial charge >= 0.3 is 0 Å². The maximum absolute atomic E-state index is 13.2. The van der Waals surface area contributed by atoms with Gasteiger partial charge in [-0.3, -0.25) is 0 Å². The molecule has 4 nitrogen and oxygen atoms in total. The molecule has 16 heavy (non-hydrogen) atoms. The number of benzene rings is 1. The Morgan fingerprint density at radius 3 is 2.44 bits per heavy atom. The van der Waals surface area contributed by atoms with Gasteiger partial charge in [0.1, 0.15) is 6.10 Å². The molecule has 0 fully saturated rings. The highest BCUT2D eigenvalue weighted by molar-refractivity contribution is 5.31. The molecule has 0 aromatic heterocycles. The number of hydrogen-bond acceptors (Lipinski definition) is 4. The average molecular weight is 229 g/mol. The molecule has 0 bridgehead atoms. The second-order valence-corrected chi connectivity index (χ2v) is 3.18. The minimum absolute atomic E-state index is 0.414. The van der Waals surface area contributed by atoms with E-state index >= 15 is 0 Å². The summed E-state index contributed by atoms with van der Waals surface area (Å²) in [6.07, 6.45) is -3.64. The molecule has 2 unspecified atom stereocenters. The van der Waals surface area contributed by atoms with Crippen molar-refractivity contribution in [1.29, 1.82) is 5.26 Å². The zero-order chi connectivity index (χ0) is 12.3. The second-order valence-electron chi connectivity index (χ2n) is 3.18. The average Bonchev–Trinajstić information content (AvgIpc) is 2.26. The fraction of sp³-hybridized carbons (Fsp3) is 0.300. The lowest BCUT2D eigenvalue weighted by Crippen LogP contribution is -2.19. The molecular formula is C10H9F2NO3. The smallest absolute Gasteiger partial charge is 0.200 e. The van der Waals surface area contributed by atoms with Gasteiger partial charge in [0.05, 0.1) is 18.6 Å². The van der Waals surface area contributed by atoms with Gasteiger partial charge in [-0.1, -0.05) is 0 Å². The number of phenols is 1. The third kappa shape index (κ3) is 2.27. The Bertz CT molecular complexity index is 431. The first-order chi connectivity index (χ1) is 7.49. The molecule has 0 aliphatic carbocycles. The standard InChI is InChI=1S/C10H9F2NO3/c11-8-5(1-2-6(14)9(8)12)10(16)7(15)3-4-13/h1-2,7,10,14-16H,3H2. The van der Waals surface area contributed by atoms with Crippen LogP contribution in [0.1, 0.15) is 18.1 Å². The van der Waals surface area contributed by atoms with Crippen LogP contribution in [0.2, 0.25) is 0 Å². The van der Waals surface area contributed by atoms with Gasteiger partial charge in [0, 0.05) is 5.56 Å². The van der Waals surface area contributed by atoms with Crippen LogP contribution in [0.3, 0.4) is 0 Å². The Labute approximate surface area is 90.0 Å². The molecule has 0 heterocycles. The zero-order valence-electron chi connectivity index (χ0n) is 8.06. The zero-order valence-corrected chi connectivity index (χ0v) is 8.06. The van der Waals surface area contributed by atoms with Crippen molar-refractivity contribution in [2.45, 2.75) is 18.6 Å². The third-order valence-electron chi connectivity index (χ3n) is 2.08. The van der Waals surface area contributed by atoms with Gasteiger partial charge in [0.2, 0.25) is 5.82 Å². The number of nitriles is 1. The van der Waals surface area contributed by atoms with Crippen LogP contribution in [-0.2, 0) is 0 Å². The van der Waals surface area contributed by atoms with Crippen LogP contribution in [0, 0.1) is 23.0 Å². The molecule has 0 saturated heterocycles. The van der Waals surface area contributed by atoms with Crippen LogP contribution in [0.4, 0.5) is 8.78 Å². The number of rotatable bonds is 3. The number of nitrogens with zero attached hydrogens (tertiary/aromatic N) is 1. The van der Waals surface area contributed by atoms with Gasteiger partial charge in [-0.05, 0) is 12.1 Å². The summed E-state index contributed by atoms with van der Waals surface area (Å²) in [4.78, 5) is 0. The lowest BCUT2D eigenvalue weighted by atomic mass is 10.0. The summed E-state index contributed by atoms with van der Waals surface area (Å²) in [5, 5.41) is 35.8. The van der Waals surface area contributed by atoms with Crippen LogP contribution in [0.25, 0.3) is 0 Å². The molecule has 0 aliphatic heterocycles. The predicted octanol–water partition coefficient (Wildman–Crippen LogP) is 0.978. The summed E-state index contributed by atoms with van der Waals surface area (Å²) in [5.74, 6) is -3.83. The summed E-state index contributed by atoms with van der Waals surface area (Å²) < 4.78 is 26.1. The lowest BCUT2D eigenvalue weighted by molar-refractivity contribution is 0.0190. The SMILES string of the molecule is N#CCC(O)C(O)c1ccc(O)c(F)c1F. The molecule has 0 radical (unpaired) electrons. The molecule has 2 atom stereocenters. The van der Waals surface area contributed by atoms with Crippen molar-refractivity contribution in [2.75, 3.05) is 0 Å². The summed E-state index contributed by atoms with van der Waals surface area (Å²) in [6, 6.07) is 3.39. The maximum Gasteiger partial charge on any atom is 0.200 e. The van der Waals surface area contributed by atoms with Gasteiger partial charge in [-0.2, -0.15) is 9.65 Å². The maximum atomic E-state index is 13.2. The monoisotopic (exact) mass is 229 g/mol. The van der Waals surface area contributed by atoms with Gasteiger partial charge in [0.15, 0.2) is 11.6 Å². The Hall–Kier alpha value is -1.71. The summed E-state index contributed by atoms with van der Waals surface area (Å²) in [6.45, 7) is 0. The van der Waals surface area contributed by atoms with E-state index in [4.69, 9.17) is 10.4 Å². The molecule has 0 spiro atoms. The van der Waals surface area contributed by atoms with E-state index in [-0.39, 0.29) is 0 Å². The number of aliphatic hydroxyl groups excluding tert-OH is 2. The predicted molar refractivity (Wildman–Crippen MR) is 49.2 cm³/mol. The molecule has 0 saturated carbocycles. The molecule has 1 aromatic carbocycles. The summed E-state index contributed by atoms with van der Waals surface area (Å²) >= 11 is 0. The first-order valence-electron chi connectivity index (χ1n) is 4.39. The molecule has 86 valence electrons. The Balaban J connectivity index is 3.06. The third-order valence-corrected chi connectivity index (χ3v) is 2.08. The highest BCUT2D eigenvalue weighted by atomic mass is 19.2. The van der Waals surface area contributed by atoms with Gasteiger partial charge in [-0.25, -0.2) is 4.39 Å². The van der Waals surface area contributed by atoms with Crippen molar-refractivity contribution in [3.63, 3.8) is 0 Å². The van der Waals surface area contributed by atoms with E-state index in [0.717, 1.165) is 12.1 Å². The molecule has 1 aromatic rings. The van der Waals surface area contributed by atoms with E-state index in [0.29, 0.717) is 0 Å². The van der Waals surface area contributed by atoms with Crippen LogP contribution >= 0.6 is 0 Å². The van der Waals surface area contributed by atoms with Crippen molar-refractivity contribution >= 4 is 0 Å². The number of aliphatic hydroxyl groups is 2. The van der Waals surface area contributed by atoms with Crippen molar-refractivity contribution < 1.29 is 24.1 Å². The minimum Gasteiger partial charge on any atom is -0.505 e. The van der Waals surface area contributed by atoms with E-state index in [1.807, 2.05) is 0 Å². The Morgan fingerprint density at radius 2 is 1.88 bits per heavy atom. The van der Waals surface area contributed by atoms with E-state index in [1.165, 1.54) is 0 Å². The van der Waals surface area contributed by atoms with Crippen molar-refractivity contribution in [3.05, 3.63) is 29.3 Å². The number of halogens is 2. The Morgan fingerprint density at radius 1 is 1.25 bits per heavy atom.